The molecule has 0 spiro atoms. The number of ether oxygens (including phenoxy) is 1. The minimum Gasteiger partial charge on any atom is -0.479 e. The molecule has 1 unspecified atom stereocenters. The fourth-order valence-electron chi connectivity index (χ4n) is 2.75. The van der Waals surface area contributed by atoms with E-state index in [4.69, 9.17) is 9.84 Å². The van der Waals surface area contributed by atoms with Crippen LogP contribution >= 0.6 is 0 Å². The van der Waals surface area contributed by atoms with Gasteiger partial charge in [0, 0.05) is 5.39 Å². The summed E-state index contributed by atoms with van der Waals surface area (Å²) in [4.78, 5) is 27.1. The number of rotatable bonds is 6. The van der Waals surface area contributed by atoms with Crippen molar-refractivity contribution in [3.8, 4) is 5.75 Å². The normalized spacial score (nSPS) is 12.2. The molecule has 142 valence electrons. The maximum absolute atomic E-state index is 11.6. The SMILES string of the molecule is Cc1ccc2nc(/C=C/c3cccc(OC(C)C(=O)O)c3)cc(C(=O)O)c2c1. The number of aryl methyl sites for hydroxylation is 1. The number of aromatic nitrogens is 1. The van der Waals surface area contributed by atoms with Gasteiger partial charge in [-0.1, -0.05) is 29.8 Å². The van der Waals surface area contributed by atoms with Crippen molar-refractivity contribution in [3.63, 3.8) is 0 Å². The Bertz CT molecular complexity index is 1090. The van der Waals surface area contributed by atoms with Crippen LogP contribution in [-0.4, -0.2) is 33.2 Å². The lowest BCUT2D eigenvalue weighted by molar-refractivity contribution is -0.144. The number of pyridine rings is 1. The molecule has 28 heavy (non-hydrogen) atoms. The van der Waals surface area contributed by atoms with Gasteiger partial charge in [0.25, 0.3) is 0 Å². The minimum atomic E-state index is -1.04. The largest absolute Gasteiger partial charge is 0.479 e. The van der Waals surface area contributed by atoms with Crippen LogP contribution < -0.4 is 4.74 Å². The number of carbonyl (C=O) groups is 2. The Kier molecular flexibility index (Phi) is 5.40. The molecule has 0 radical (unpaired) electrons. The van der Waals surface area contributed by atoms with Crippen LogP contribution in [0.4, 0.5) is 0 Å². The molecule has 0 aliphatic rings. The Morgan fingerprint density at radius 2 is 1.86 bits per heavy atom. The second kappa shape index (κ2) is 7.92. The van der Waals surface area contributed by atoms with Crippen LogP contribution in [0.2, 0.25) is 0 Å². The fraction of sp³-hybridized carbons (Fsp3) is 0.136. The number of carboxylic acids is 2. The predicted molar refractivity (Wildman–Crippen MR) is 107 cm³/mol. The summed E-state index contributed by atoms with van der Waals surface area (Å²) in [6.07, 6.45) is 2.53. The molecule has 3 aromatic rings. The van der Waals surface area contributed by atoms with Crippen molar-refractivity contribution >= 4 is 35.0 Å². The second-order valence-corrected chi connectivity index (χ2v) is 6.42. The molecule has 0 aliphatic heterocycles. The quantitative estimate of drug-likeness (QED) is 0.666. The van der Waals surface area contributed by atoms with E-state index in [2.05, 4.69) is 4.98 Å². The smallest absolute Gasteiger partial charge is 0.344 e. The molecule has 0 aliphatic carbocycles. The number of hydrogen-bond acceptors (Lipinski definition) is 4. The van der Waals surface area contributed by atoms with E-state index in [0.29, 0.717) is 22.3 Å². The van der Waals surface area contributed by atoms with Crippen molar-refractivity contribution in [1.82, 2.24) is 4.98 Å². The van der Waals surface area contributed by atoms with Crippen molar-refractivity contribution in [1.29, 1.82) is 0 Å². The van der Waals surface area contributed by atoms with E-state index in [-0.39, 0.29) is 5.56 Å². The zero-order chi connectivity index (χ0) is 20.3. The van der Waals surface area contributed by atoms with Gasteiger partial charge < -0.3 is 14.9 Å². The zero-order valence-electron chi connectivity index (χ0n) is 15.4. The third-order valence-electron chi connectivity index (χ3n) is 4.18. The van der Waals surface area contributed by atoms with Crippen LogP contribution in [0.5, 0.6) is 5.75 Å². The average Bonchev–Trinajstić information content (AvgIpc) is 2.66. The molecular formula is C22H19NO5. The number of carboxylic acid groups (broad SMARTS) is 2. The van der Waals surface area contributed by atoms with Crippen LogP contribution in [0.15, 0.2) is 48.5 Å². The van der Waals surface area contributed by atoms with Crippen LogP contribution in [-0.2, 0) is 4.79 Å². The molecular weight excluding hydrogens is 358 g/mol. The Morgan fingerprint density at radius 1 is 1.07 bits per heavy atom. The van der Waals surface area contributed by atoms with E-state index in [0.717, 1.165) is 11.1 Å². The lowest BCUT2D eigenvalue weighted by atomic mass is 10.0. The highest BCUT2D eigenvalue weighted by Crippen LogP contribution is 2.22. The molecule has 0 bridgehead atoms. The first-order valence-corrected chi connectivity index (χ1v) is 8.66. The van der Waals surface area contributed by atoms with Gasteiger partial charge in [-0.2, -0.15) is 0 Å². The van der Waals surface area contributed by atoms with Crippen molar-refractivity contribution in [2.75, 3.05) is 0 Å². The first kappa shape index (κ1) is 19.1. The number of benzene rings is 2. The second-order valence-electron chi connectivity index (χ2n) is 6.42. The highest BCUT2D eigenvalue weighted by molar-refractivity contribution is 6.03. The summed E-state index contributed by atoms with van der Waals surface area (Å²) in [7, 11) is 0. The standard InChI is InChI=1S/C22H19NO5/c1-13-6-9-20-18(10-13)19(22(26)27)12-16(23-20)8-7-15-4-3-5-17(11-15)28-14(2)21(24)25/h3-12,14H,1-2H3,(H,24,25)(H,26,27)/b8-7+. The van der Waals surface area contributed by atoms with E-state index in [9.17, 15) is 14.7 Å². The Hall–Kier alpha value is -3.67. The van der Waals surface area contributed by atoms with Gasteiger partial charge in [-0.25, -0.2) is 14.6 Å². The molecule has 1 heterocycles. The molecule has 6 heteroatoms. The lowest BCUT2D eigenvalue weighted by Gasteiger charge is -2.10. The number of aliphatic carboxylic acids is 1. The van der Waals surface area contributed by atoms with E-state index >= 15 is 0 Å². The van der Waals surface area contributed by atoms with Crippen molar-refractivity contribution < 1.29 is 24.5 Å². The monoisotopic (exact) mass is 377 g/mol. The fourth-order valence-corrected chi connectivity index (χ4v) is 2.75. The molecule has 0 saturated carbocycles. The Morgan fingerprint density at radius 3 is 2.57 bits per heavy atom. The van der Waals surface area contributed by atoms with Gasteiger partial charge in [-0.3, -0.25) is 0 Å². The van der Waals surface area contributed by atoms with Gasteiger partial charge in [0.15, 0.2) is 6.10 Å². The first-order valence-electron chi connectivity index (χ1n) is 8.66. The highest BCUT2D eigenvalue weighted by Gasteiger charge is 2.13. The average molecular weight is 377 g/mol. The molecule has 3 rings (SSSR count). The lowest BCUT2D eigenvalue weighted by Crippen LogP contribution is -2.22. The highest BCUT2D eigenvalue weighted by atomic mass is 16.5. The summed E-state index contributed by atoms with van der Waals surface area (Å²) < 4.78 is 5.36. The zero-order valence-corrected chi connectivity index (χ0v) is 15.4. The summed E-state index contributed by atoms with van der Waals surface area (Å²) in [5.74, 6) is -1.62. The topological polar surface area (TPSA) is 96.7 Å². The van der Waals surface area contributed by atoms with Crippen LogP contribution in [0.3, 0.4) is 0 Å². The maximum atomic E-state index is 11.6. The molecule has 1 atom stereocenters. The van der Waals surface area contributed by atoms with E-state index in [1.165, 1.54) is 13.0 Å². The van der Waals surface area contributed by atoms with Crippen molar-refractivity contribution in [2.24, 2.45) is 0 Å². The van der Waals surface area contributed by atoms with Crippen LogP contribution in [0.1, 0.15) is 34.1 Å². The van der Waals surface area contributed by atoms with Gasteiger partial charge in [0.1, 0.15) is 5.75 Å². The summed E-state index contributed by atoms with van der Waals surface area (Å²) >= 11 is 0. The van der Waals surface area contributed by atoms with Gasteiger partial charge in [-0.15, -0.1) is 0 Å². The Labute approximate surface area is 161 Å². The third kappa shape index (κ3) is 4.35. The number of aromatic carboxylic acids is 1. The first-order chi connectivity index (χ1) is 13.3. The predicted octanol–water partition coefficient (Wildman–Crippen LogP) is 4.26. The van der Waals surface area contributed by atoms with Gasteiger partial charge >= 0.3 is 11.9 Å². The minimum absolute atomic E-state index is 0.195. The molecule has 0 fully saturated rings. The third-order valence-corrected chi connectivity index (χ3v) is 4.18. The van der Waals surface area contributed by atoms with Crippen LogP contribution in [0, 0.1) is 6.92 Å². The number of nitrogens with zero attached hydrogens (tertiary/aromatic N) is 1. The van der Waals surface area contributed by atoms with E-state index in [1.807, 2.05) is 25.1 Å². The summed E-state index contributed by atoms with van der Waals surface area (Å²) in [6.45, 7) is 3.36. The Balaban J connectivity index is 1.92. The number of hydrogen-bond donors (Lipinski definition) is 2. The maximum Gasteiger partial charge on any atom is 0.344 e. The molecule has 2 N–H and O–H groups in total. The molecule has 1 aromatic heterocycles. The van der Waals surface area contributed by atoms with E-state index < -0.39 is 18.0 Å². The molecule has 6 nitrogen and oxygen atoms in total. The molecule has 0 saturated heterocycles. The van der Waals surface area contributed by atoms with Crippen LogP contribution in [0.25, 0.3) is 23.1 Å². The summed E-state index contributed by atoms with van der Waals surface area (Å²) in [5.41, 5.74) is 3.06. The molecule has 0 amide bonds. The van der Waals surface area contributed by atoms with Crippen molar-refractivity contribution in [3.05, 3.63) is 70.9 Å². The van der Waals surface area contributed by atoms with Gasteiger partial charge in [0.2, 0.25) is 0 Å². The van der Waals surface area contributed by atoms with Gasteiger partial charge in [0.05, 0.1) is 16.8 Å². The number of fused-ring (bicyclic) bond motifs is 1. The van der Waals surface area contributed by atoms with Crippen molar-refractivity contribution in [2.45, 2.75) is 20.0 Å². The van der Waals surface area contributed by atoms with E-state index in [1.54, 1.807) is 36.4 Å². The summed E-state index contributed by atoms with van der Waals surface area (Å²) in [5, 5.41) is 19.1. The summed E-state index contributed by atoms with van der Waals surface area (Å²) in [6, 6.07) is 14.0. The molecule has 2 aromatic carbocycles. The van der Waals surface area contributed by atoms with Gasteiger partial charge in [-0.05, 0) is 55.8 Å².